The smallest absolute Gasteiger partial charge is 0.223 e. The highest BCUT2D eigenvalue weighted by atomic mass is 16.5. The summed E-state index contributed by atoms with van der Waals surface area (Å²) in [4.78, 5) is 19.5. The molecule has 1 amide bonds. The van der Waals surface area contributed by atoms with Gasteiger partial charge < -0.3 is 15.0 Å². The van der Waals surface area contributed by atoms with Crippen LogP contribution in [0.2, 0.25) is 0 Å². The number of carbonyl (C=O) groups excluding carboxylic acids is 1. The number of aromatic nitrogens is 1. The van der Waals surface area contributed by atoms with Crippen LogP contribution >= 0.6 is 0 Å². The Morgan fingerprint density at radius 3 is 3.04 bits per heavy atom. The van der Waals surface area contributed by atoms with E-state index >= 15 is 0 Å². The van der Waals surface area contributed by atoms with Crippen LogP contribution in [0.4, 0.5) is 0 Å². The first kappa shape index (κ1) is 17.4. The second kappa shape index (κ2) is 9.14. The van der Waals surface area contributed by atoms with E-state index in [2.05, 4.69) is 15.2 Å². The first-order chi connectivity index (χ1) is 11.8. The summed E-state index contributed by atoms with van der Waals surface area (Å²) in [5, 5.41) is 3.44. The highest BCUT2D eigenvalue weighted by Gasteiger charge is 2.26. The lowest BCUT2D eigenvalue weighted by Gasteiger charge is -2.31. The van der Waals surface area contributed by atoms with Crippen molar-refractivity contribution in [2.24, 2.45) is 5.92 Å². The molecule has 1 N–H and O–H groups in total. The Kier molecular flexibility index (Phi) is 6.61. The van der Waals surface area contributed by atoms with Crippen molar-refractivity contribution < 1.29 is 9.53 Å². The van der Waals surface area contributed by atoms with Crippen LogP contribution < -0.4 is 5.32 Å². The summed E-state index contributed by atoms with van der Waals surface area (Å²) in [5.74, 6) is 0.834. The number of nitrogens with one attached hydrogen (secondary N) is 1. The highest BCUT2D eigenvalue weighted by molar-refractivity contribution is 5.76. The SMILES string of the molecule is O=C(CCC1CCOC1)N(Cc1ccccn1)C1CCCNCC1. The van der Waals surface area contributed by atoms with Crippen LogP contribution in [0.15, 0.2) is 24.4 Å². The highest BCUT2D eigenvalue weighted by Crippen LogP contribution is 2.22. The third kappa shape index (κ3) is 5.02. The first-order valence-corrected chi connectivity index (χ1v) is 9.31. The number of hydrogen-bond acceptors (Lipinski definition) is 4. The molecule has 2 fully saturated rings. The molecule has 1 aromatic rings. The van der Waals surface area contributed by atoms with E-state index in [9.17, 15) is 4.79 Å². The number of rotatable bonds is 6. The fraction of sp³-hybridized carbons (Fsp3) is 0.684. The zero-order chi connectivity index (χ0) is 16.6. The Morgan fingerprint density at radius 1 is 1.29 bits per heavy atom. The monoisotopic (exact) mass is 331 g/mol. The van der Waals surface area contributed by atoms with Crippen LogP contribution in [-0.2, 0) is 16.1 Å². The second-order valence-electron chi connectivity index (χ2n) is 6.95. The molecule has 0 aliphatic carbocycles. The topological polar surface area (TPSA) is 54.5 Å². The van der Waals surface area contributed by atoms with Crippen LogP contribution in [0.5, 0.6) is 0 Å². The fourth-order valence-electron chi connectivity index (χ4n) is 3.68. The Labute approximate surface area is 144 Å². The quantitative estimate of drug-likeness (QED) is 0.869. The zero-order valence-electron chi connectivity index (χ0n) is 14.5. The van der Waals surface area contributed by atoms with E-state index in [4.69, 9.17) is 4.74 Å². The number of carbonyl (C=O) groups is 1. The molecule has 1 aromatic heterocycles. The van der Waals surface area contributed by atoms with Crippen molar-refractivity contribution in [3.63, 3.8) is 0 Å². The van der Waals surface area contributed by atoms with Crippen molar-refractivity contribution in [1.29, 1.82) is 0 Å². The van der Waals surface area contributed by atoms with Gasteiger partial charge in [-0.25, -0.2) is 0 Å². The number of ether oxygens (including phenoxy) is 1. The summed E-state index contributed by atoms with van der Waals surface area (Å²) >= 11 is 0. The summed E-state index contributed by atoms with van der Waals surface area (Å²) in [6.45, 7) is 4.35. The lowest BCUT2D eigenvalue weighted by Crippen LogP contribution is -2.40. The van der Waals surface area contributed by atoms with E-state index in [1.165, 1.54) is 0 Å². The third-order valence-electron chi connectivity index (χ3n) is 5.16. The largest absolute Gasteiger partial charge is 0.381 e. The molecule has 24 heavy (non-hydrogen) atoms. The van der Waals surface area contributed by atoms with Gasteiger partial charge in [-0.1, -0.05) is 6.07 Å². The van der Waals surface area contributed by atoms with Gasteiger partial charge >= 0.3 is 0 Å². The van der Waals surface area contributed by atoms with Crippen LogP contribution in [-0.4, -0.2) is 48.1 Å². The molecule has 3 heterocycles. The van der Waals surface area contributed by atoms with E-state index in [1.54, 1.807) is 0 Å². The molecule has 2 saturated heterocycles. The Balaban J connectivity index is 1.64. The molecule has 5 heteroatoms. The van der Waals surface area contributed by atoms with Crippen LogP contribution in [0.25, 0.3) is 0 Å². The lowest BCUT2D eigenvalue weighted by molar-refractivity contribution is -0.134. The van der Waals surface area contributed by atoms with Crippen molar-refractivity contribution in [3.8, 4) is 0 Å². The van der Waals surface area contributed by atoms with E-state index < -0.39 is 0 Å². The van der Waals surface area contributed by atoms with Gasteiger partial charge in [0.2, 0.25) is 5.91 Å². The maximum absolute atomic E-state index is 13.0. The van der Waals surface area contributed by atoms with E-state index in [0.717, 1.165) is 64.1 Å². The van der Waals surface area contributed by atoms with Gasteiger partial charge in [0.25, 0.3) is 0 Å². The van der Waals surface area contributed by atoms with Gasteiger partial charge in [0.05, 0.1) is 12.2 Å². The van der Waals surface area contributed by atoms with Crippen molar-refractivity contribution >= 4 is 5.91 Å². The Bertz CT molecular complexity index is 495. The van der Waals surface area contributed by atoms with Gasteiger partial charge in [-0.05, 0) is 63.2 Å². The Hall–Kier alpha value is -1.46. The van der Waals surface area contributed by atoms with Gasteiger partial charge in [-0.2, -0.15) is 0 Å². The Morgan fingerprint density at radius 2 is 2.25 bits per heavy atom. The predicted molar refractivity (Wildman–Crippen MR) is 93.5 cm³/mol. The minimum absolute atomic E-state index is 0.277. The normalized spacial score (nSPS) is 24.5. The van der Waals surface area contributed by atoms with Gasteiger partial charge in [-0.15, -0.1) is 0 Å². The van der Waals surface area contributed by atoms with Gasteiger partial charge in [-0.3, -0.25) is 9.78 Å². The number of nitrogens with zero attached hydrogens (tertiary/aromatic N) is 2. The standard InChI is InChI=1S/C19H29N3O2/c23-19(7-6-16-9-13-24-15-16)22(14-17-4-1-2-11-21-17)18-5-3-10-20-12-8-18/h1-2,4,11,16,18,20H,3,5-10,12-15H2. The van der Waals surface area contributed by atoms with Crippen molar-refractivity contribution in [3.05, 3.63) is 30.1 Å². The maximum Gasteiger partial charge on any atom is 0.223 e. The van der Waals surface area contributed by atoms with Crippen molar-refractivity contribution in [1.82, 2.24) is 15.2 Å². The molecule has 5 nitrogen and oxygen atoms in total. The van der Waals surface area contributed by atoms with Crippen LogP contribution in [0.3, 0.4) is 0 Å². The predicted octanol–water partition coefficient (Wildman–Crippen LogP) is 2.37. The number of pyridine rings is 1. The minimum atomic E-state index is 0.277. The van der Waals surface area contributed by atoms with Gasteiger partial charge in [0.1, 0.15) is 0 Å². The van der Waals surface area contributed by atoms with Crippen LogP contribution in [0.1, 0.15) is 44.2 Å². The molecular formula is C19H29N3O2. The minimum Gasteiger partial charge on any atom is -0.381 e. The molecular weight excluding hydrogens is 302 g/mol. The molecule has 3 rings (SSSR count). The molecule has 2 aliphatic heterocycles. The van der Waals surface area contributed by atoms with Crippen molar-refractivity contribution in [2.75, 3.05) is 26.3 Å². The summed E-state index contributed by atoms with van der Waals surface area (Å²) in [7, 11) is 0. The molecule has 0 spiro atoms. The lowest BCUT2D eigenvalue weighted by atomic mass is 10.0. The van der Waals surface area contributed by atoms with Gasteiger partial charge in [0.15, 0.2) is 0 Å². The van der Waals surface area contributed by atoms with Crippen molar-refractivity contribution in [2.45, 2.75) is 51.1 Å². The summed E-state index contributed by atoms with van der Waals surface area (Å²) in [6.07, 6.45) is 7.73. The average Bonchev–Trinajstić information content (AvgIpc) is 3.00. The van der Waals surface area contributed by atoms with E-state index in [-0.39, 0.29) is 5.91 Å². The number of hydrogen-bond donors (Lipinski definition) is 1. The summed E-state index contributed by atoms with van der Waals surface area (Å²) in [6, 6.07) is 6.26. The average molecular weight is 331 g/mol. The summed E-state index contributed by atoms with van der Waals surface area (Å²) in [5.41, 5.74) is 0.979. The van der Waals surface area contributed by atoms with E-state index in [1.807, 2.05) is 24.4 Å². The number of amides is 1. The molecule has 2 aliphatic rings. The molecule has 0 aromatic carbocycles. The van der Waals surface area contributed by atoms with E-state index in [0.29, 0.717) is 24.9 Å². The third-order valence-corrected chi connectivity index (χ3v) is 5.16. The van der Waals surface area contributed by atoms with Crippen LogP contribution in [0, 0.1) is 5.92 Å². The molecule has 2 atom stereocenters. The molecule has 2 unspecified atom stereocenters. The molecule has 0 saturated carbocycles. The van der Waals surface area contributed by atoms with Gasteiger partial charge in [0, 0.05) is 31.9 Å². The molecule has 0 bridgehead atoms. The molecule has 132 valence electrons. The first-order valence-electron chi connectivity index (χ1n) is 9.31. The zero-order valence-corrected chi connectivity index (χ0v) is 14.5. The fourth-order valence-corrected chi connectivity index (χ4v) is 3.68. The maximum atomic E-state index is 13.0. The second-order valence-corrected chi connectivity index (χ2v) is 6.95. The summed E-state index contributed by atoms with van der Waals surface area (Å²) < 4.78 is 5.44. The molecule has 0 radical (unpaired) electrons.